The molecule has 1 heterocycles. The van der Waals surface area contributed by atoms with Crippen molar-refractivity contribution in [2.45, 2.75) is 19.8 Å². The van der Waals surface area contributed by atoms with E-state index in [4.69, 9.17) is 4.74 Å². The van der Waals surface area contributed by atoms with Gasteiger partial charge in [0.25, 0.3) is 0 Å². The van der Waals surface area contributed by atoms with Crippen LogP contribution in [-0.2, 0) is 0 Å². The van der Waals surface area contributed by atoms with E-state index in [0.717, 1.165) is 0 Å². The first-order chi connectivity index (χ1) is 8.56. The number of hydrogen-bond acceptors (Lipinski definition) is 2. The fourth-order valence-corrected chi connectivity index (χ4v) is 1.45. The molecule has 0 N–H and O–H groups in total. The van der Waals surface area contributed by atoms with Crippen molar-refractivity contribution in [3.63, 3.8) is 0 Å². The highest BCUT2D eigenvalue weighted by molar-refractivity contribution is 5.31. The molecule has 0 bridgehead atoms. The topological polar surface area (TPSA) is 22.1 Å². The van der Waals surface area contributed by atoms with Gasteiger partial charge in [-0.25, -0.2) is 8.78 Å². The molecule has 0 radical (unpaired) electrons. The molecule has 94 valence electrons. The number of benzene rings is 1. The normalized spacial score (nSPS) is 10.7. The van der Waals surface area contributed by atoms with Gasteiger partial charge in [0.1, 0.15) is 11.6 Å². The van der Waals surface area contributed by atoms with Gasteiger partial charge in [0.05, 0.1) is 6.20 Å². The van der Waals surface area contributed by atoms with Crippen LogP contribution in [0.25, 0.3) is 0 Å². The molecule has 1 aromatic heterocycles. The summed E-state index contributed by atoms with van der Waals surface area (Å²) in [5.74, 6) is -0.283. The van der Waals surface area contributed by atoms with Crippen LogP contribution in [0.4, 0.5) is 8.78 Å². The molecule has 0 saturated carbocycles. The van der Waals surface area contributed by atoms with Crippen LogP contribution in [0, 0.1) is 11.6 Å². The van der Waals surface area contributed by atoms with Crippen molar-refractivity contribution < 1.29 is 13.5 Å². The average Bonchev–Trinajstić information content (AvgIpc) is 2.34. The van der Waals surface area contributed by atoms with E-state index in [9.17, 15) is 8.78 Å². The van der Waals surface area contributed by atoms with Gasteiger partial charge >= 0.3 is 0 Å². The summed E-state index contributed by atoms with van der Waals surface area (Å²) in [4.78, 5) is 4.11. The SMILES string of the molecule is CC(C)c1cc(F)c(Oc2ccc(F)cc2)cn1. The van der Waals surface area contributed by atoms with Crippen LogP contribution in [0.2, 0.25) is 0 Å². The van der Waals surface area contributed by atoms with Crippen LogP contribution >= 0.6 is 0 Å². The molecule has 2 aromatic rings. The fraction of sp³-hybridized carbons (Fsp3) is 0.214. The fourth-order valence-electron chi connectivity index (χ4n) is 1.45. The number of pyridine rings is 1. The zero-order valence-electron chi connectivity index (χ0n) is 10.2. The molecule has 18 heavy (non-hydrogen) atoms. The molecule has 0 amide bonds. The second-order valence-corrected chi connectivity index (χ2v) is 4.25. The molecule has 2 nitrogen and oxygen atoms in total. The average molecular weight is 249 g/mol. The Bertz CT molecular complexity index is 538. The van der Waals surface area contributed by atoms with Crippen molar-refractivity contribution in [3.8, 4) is 11.5 Å². The number of hydrogen-bond donors (Lipinski definition) is 0. The van der Waals surface area contributed by atoms with Crippen molar-refractivity contribution in [1.29, 1.82) is 0 Å². The van der Waals surface area contributed by atoms with Gasteiger partial charge in [0.2, 0.25) is 0 Å². The summed E-state index contributed by atoms with van der Waals surface area (Å²) in [6, 6.07) is 6.73. The zero-order valence-corrected chi connectivity index (χ0v) is 10.2. The van der Waals surface area contributed by atoms with E-state index < -0.39 is 5.82 Å². The molecule has 4 heteroatoms. The predicted octanol–water partition coefficient (Wildman–Crippen LogP) is 4.28. The molecule has 0 spiro atoms. The van der Waals surface area contributed by atoms with Crippen LogP contribution < -0.4 is 4.74 Å². The summed E-state index contributed by atoms with van der Waals surface area (Å²) in [5.41, 5.74) is 0.666. The van der Waals surface area contributed by atoms with Crippen LogP contribution in [0.3, 0.4) is 0 Å². The van der Waals surface area contributed by atoms with Gasteiger partial charge in [0.15, 0.2) is 11.6 Å². The Hall–Kier alpha value is -1.97. The Kier molecular flexibility index (Phi) is 3.55. The molecule has 0 saturated heterocycles. The molecule has 1 aromatic carbocycles. The number of rotatable bonds is 3. The summed E-state index contributed by atoms with van der Waals surface area (Å²) in [6.07, 6.45) is 1.34. The first-order valence-electron chi connectivity index (χ1n) is 5.65. The Labute approximate surface area is 104 Å². The number of ether oxygens (including phenoxy) is 1. The van der Waals surface area contributed by atoms with Gasteiger partial charge in [-0.2, -0.15) is 0 Å². The minimum atomic E-state index is -0.474. The molecular weight excluding hydrogens is 236 g/mol. The van der Waals surface area contributed by atoms with Crippen LogP contribution in [-0.4, -0.2) is 4.98 Å². The predicted molar refractivity (Wildman–Crippen MR) is 64.8 cm³/mol. The molecule has 0 unspecified atom stereocenters. The Balaban J connectivity index is 2.22. The Morgan fingerprint density at radius 2 is 1.78 bits per heavy atom. The molecule has 0 aliphatic carbocycles. The van der Waals surface area contributed by atoms with E-state index in [1.807, 2.05) is 13.8 Å². The highest BCUT2D eigenvalue weighted by atomic mass is 19.1. The van der Waals surface area contributed by atoms with E-state index in [-0.39, 0.29) is 17.5 Å². The standard InChI is InChI=1S/C14H13F2NO/c1-9(2)13-7-12(16)14(8-17-13)18-11-5-3-10(15)4-6-11/h3-9H,1-2H3. The highest BCUT2D eigenvalue weighted by Crippen LogP contribution is 2.25. The lowest BCUT2D eigenvalue weighted by molar-refractivity contribution is 0.436. The van der Waals surface area contributed by atoms with Crippen molar-refractivity contribution in [2.75, 3.05) is 0 Å². The molecule has 0 aliphatic heterocycles. The highest BCUT2D eigenvalue weighted by Gasteiger charge is 2.09. The van der Waals surface area contributed by atoms with Crippen LogP contribution in [0.15, 0.2) is 36.5 Å². The lowest BCUT2D eigenvalue weighted by Crippen LogP contribution is -1.96. The van der Waals surface area contributed by atoms with Gasteiger partial charge in [0, 0.05) is 5.69 Å². The van der Waals surface area contributed by atoms with Gasteiger partial charge in [-0.15, -0.1) is 0 Å². The quantitative estimate of drug-likeness (QED) is 0.810. The lowest BCUT2D eigenvalue weighted by Gasteiger charge is -2.09. The third-order valence-corrected chi connectivity index (χ3v) is 2.47. The maximum Gasteiger partial charge on any atom is 0.181 e. The van der Waals surface area contributed by atoms with Crippen molar-refractivity contribution >= 4 is 0 Å². The van der Waals surface area contributed by atoms with E-state index in [1.165, 1.54) is 36.5 Å². The maximum atomic E-state index is 13.7. The Morgan fingerprint density at radius 3 is 2.33 bits per heavy atom. The second kappa shape index (κ2) is 5.12. The third kappa shape index (κ3) is 2.83. The molecular formula is C14H13F2NO. The first kappa shape index (κ1) is 12.5. The molecule has 0 fully saturated rings. The number of nitrogens with zero attached hydrogens (tertiary/aromatic N) is 1. The van der Waals surface area contributed by atoms with E-state index in [2.05, 4.69) is 4.98 Å². The summed E-state index contributed by atoms with van der Waals surface area (Å²) >= 11 is 0. The minimum absolute atomic E-state index is 0.0333. The third-order valence-electron chi connectivity index (χ3n) is 2.47. The smallest absolute Gasteiger partial charge is 0.181 e. The maximum absolute atomic E-state index is 13.7. The summed E-state index contributed by atoms with van der Waals surface area (Å²) in [5, 5.41) is 0. The lowest BCUT2D eigenvalue weighted by atomic mass is 10.1. The molecule has 0 atom stereocenters. The second-order valence-electron chi connectivity index (χ2n) is 4.25. The number of aromatic nitrogens is 1. The summed E-state index contributed by atoms with van der Waals surface area (Å²) in [7, 11) is 0. The van der Waals surface area contributed by atoms with Gasteiger partial charge in [-0.3, -0.25) is 4.98 Å². The largest absolute Gasteiger partial charge is 0.453 e. The first-order valence-corrected chi connectivity index (χ1v) is 5.65. The zero-order chi connectivity index (χ0) is 13.1. The number of halogens is 2. The van der Waals surface area contributed by atoms with Gasteiger partial charge in [-0.05, 0) is 36.2 Å². The van der Waals surface area contributed by atoms with E-state index in [1.54, 1.807) is 0 Å². The molecule has 0 aliphatic rings. The van der Waals surface area contributed by atoms with Crippen molar-refractivity contribution in [2.24, 2.45) is 0 Å². The summed E-state index contributed by atoms with van der Waals surface area (Å²) < 4.78 is 31.7. The van der Waals surface area contributed by atoms with E-state index >= 15 is 0 Å². The van der Waals surface area contributed by atoms with Crippen molar-refractivity contribution in [1.82, 2.24) is 4.98 Å². The molecule has 2 rings (SSSR count). The van der Waals surface area contributed by atoms with Gasteiger partial charge < -0.3 is 4.74 Å². The van der Waals surface area contributed by atoms with E-state index in [0.29, 0.717) is 11.4 Å². The van der Waals surface area contributed by atoms with Crippen LogP contribution in [0.1, 0.15) is 25.5 Å². The Morgan fingerprint density at radius 1 is 1.11 bits per heavy atom. The van der Waals surface area contributed by atoms with Gasteiger partial charge in [-0.1, -0.05) is 13.8 Å². The summed E-state index contributed by atoms with van der Waals surface area (Å²) in [6.45, 7) is 3.87. The minimum Gasteiger partial charge on any atom is -0.453 e. The monoisotopic (exact) mass is 249 g/mol. The van der Waals surface area contributed by atoms with Crippen LogP contribution in [0.5, 0.6) is 11.5 Å². The van der Waals surface area contributed by atoms with Crippen molar-refractivity contribution in [3.05, 3.63) is 53.9 Å².